The van der Waals surface area contributed by atoms with Crippen LogP contribution in [0.5, 0.6) is 0 Å². The minimum absolute atomic E-state index is 0.415. The summed E-state index contributed by atoms with van der Waals surface area (Å²) in [4.78, 5) is 0. The van der Waals surface area contributed by atoms with Crippen molar-refractivity contribution in [1.29, 1.82) is 0 Å². The summed E-state index contributed by atoms with van der Waals surface area (Å²) in [6.45, 7) is 3.94. The highest BCUT2D eigenvalue weighted by atomic mass is 19.4. The first kappa shape index (κ1) is 16.1. The van der Waals surface area contributed by atoms with Crippen molar-refractivity contribution >= 4 is 0 Å². The van der Waals surface area contributed by atoms with E-state index in [0.29, 0.717) is 12.0 Å². The van der Waals surface area contributed by atoms with Gasteiger partial charge in [-0.05, 0) is 36.5 Å². The highest BCUT2D eigenvalue weighted by Crippen LogP contribution is 2.32. The molecule has 0 atom stereocenters. The van der Waals surface area contributed by atoms with Gasteiger partial charge in [0.05, 0.1) is 5.56 Å². The second kappa shape index (κ2) is 7.56. The van der Waals surface area contributed by atoms with Gasteiger partial charge < -0.3 is 0 Å². The fourth-order valence-electron chi connectivity index (χ4n) is 2.30. The lowest BCUT2D eigenvalue weighted by atomic mass is 9.98. The third-order valence-corrected chi connectivity index (χ3v) is 3.42. The molecule has 0 heterocycles. The SMILES string of the molecule is CCCCCCCc1ccc(C(F)(F)F)c(CC)c1. The molecule has 1 aromatic rings. The molecule has 0 saturated carbocycles. The van der Waals surface area contributed by atoms with Gasteiger partial charge in [0.25, 0.3) is 0 Å². The van der Waals surface area contributed by atoms with Crippen LogP contribution in [0.1, 0.15) is 62.6 Å². The van der Waals surface area contributed by atoms with Crippen LogP contribution in [0.25, 0.3) is 0 Å². The third kappa shape index (κ3) is 5.25. The van der Waals surface area contributed by atoms with Crippen LogP contribution in [0.4, 0.5) is 13.2 Å². The maximum atomic E-state index is 12.8. The first-order valence-electron chi connectivity index (χ1n) is 7.18. The van der Waals surface area contributed by atoms with Gasteiger partial charge >= 0.3 is 6.18 Å². The summed E-state index contributed by atoms with van der Waals surface area (Å²) in [5.74, 6) is 0. The molecule has 0 fully saturated rings. The lowest BCUT2D eigenvalue weighted by Crippen LogP contribution is -2.09. The summed E-state index contributed by atoms with van der Waals surface area (Å²) in [6.07, 6.45) is 2.98. The molecule has 0 aromatic heterocycles. The van der Waals surface area contributed by atoms with E-state index in [1.807, 2.05) is 0 Å². The summed E-state index contributed by atoms with van der Waals surface area (Å²) in [6, 6.07) is 4.59. The zero-order valence-electron chi connectivity index (χ0n) is 11.8. The number of rotatable bonds is 7. The van der Waals surface area contributed by atoms with E-state index in [2.05, 4.69) is 6.92 Å². The van der Waals surface area contributed by atoms with E-state index >= 15 is 0 Å². The van der Waals surface area contributed by atoms with Gasteiger partial charge in [0.2, 0.25) is 0 Å². The molecule has 0 bridgehead atoms. The van der Waals surface area contributed by atoms with Crippen LogP contribution in [-0.4, -0.2) is 0 Å². The summed E-state index contributed by atoms with van der Waals surface area (Å²) >= 11 is 0. The smallest absolute Gasteiger partial charge is 0.166 e. The first-order chi connectivity index (χ1) is 8.99. The van der Waals surface area contributed by atoms with E-state index in [1.165, 1.54) is 25.3 Å². The first-order valence-corrected chi connectivity index (χ1v) is 7.18. The van der Waals surface area contributed by atoms with Gasteiger partial charge in [-0.15, -0.1) is 0 Å². The average Bonchev–Trinajstić information content (AvgIpc) is 2.37. The topological polar surface area (TPSA) is 0 Å². The van der Waals surface area contributed by atoms with Gasteiger partial charge in [0, 0.05) is 0 Å². The van der Waals surface area contributed by atoms with Crippen molar-refractivity contribution in [3.63, 3.8) is 0 Å². The molecule has 0 unspecified atom stereocenters. The second-order valence-corrected chi connectivity index (χ2v) is 5.01. The van der Waals surface area contributed by atoms with Gasteiger partial charge in [0.15, 0.2) is 0 Å². The fourth-order valence-corrected chi connectivity index (χ4v) is 2.30. The van der Waals surface area contributed by atoms with Crippen LogP contribution < -0.4 is 0 Å². The zero-order chi connectivity index (χ0) is 14.3. The van der Waals surface area contributed by atoms with Gasteiger partial charge in [-0.1, -0.05) is 51.7 Å². The van der Waals surface area contributed by atoms with Crippen molar-refractivity contribution in [2.45, 2.75) is 65.0 Å². The Morgan fingerprint density at radius 2 is 1.63 bits per heavy atom. The molecule has 0 N–H and O–H groups in total. The summed E-state index contributed by atoms with van der Waals surface area (Å²) in [7, 11) is 0. The summed E-state index contributed by atoms with van der Waals surface area (Å²) in [5.41, 5.74) is 0.963. The Morgan fingerprint density at radius 3 is 2.21 bits per heavy atom. The molecule has 1 rings (SSSR count). The third-order valence-electron chi connectivity index (χ3n) is 3.42. The van der Waals surface area contributed by atoms with Gasteiger partial charge in [-0.2, -0.15) is 13.2 Å². The molecule has 19 heavy (non-hydrogen) atoms. The number of alkyl halides is 3. The molecular weight excluding hydrogens is 249 g/mol. The Hall–Kier alpha value is -0.990. The van der Waals surface area contributed by atoms with Crippen molar-refractivity contribution in [3.8, 4) is 0 Å². The Morgan fingerprint density at radius 1 is 0.947 bits per heavy atom. The molecule has 3 heteroatoms. The monoisotopic (exact) mass is 272 g/mol. The number of halogens is 3. The normalized spacial score (nSPS) is 11.8. The number of aryl methyl sites for hydroxylation is 2. The quantitative estimate of drug-likeness (QED) is 0.552. The highest BCUT2D eigenvalue weighted by Gasteiger charge is 2.32. The molecule has 0 saturated heterocycles. The van der Waals surface area contributed by atoms with E-state index in [-0.39, 0.29) is 0 Å². The van der Waals surface area contributed by atoms with E-state index < -0.39 is 11.7 Å². The van der Waals surface area contributed by atoms with Crippen molar-refractivity contribution in [1.82, 2.24) is 0 Å². The molecule has 0 aliphatic heterocycles. The Bertz CT molecular complexity index is 380. The minimum Gasteiger partial charge on any atom is -0.166 e. The van der Waals surface area contributed by atoms with Crippen LogP contribution in [-0.2, 0) is 19.0 Å². The number of benzene rings is 1. The van der Waals surface area contributed by atoms with E-state index in [9.17, 15) is 13.2 Å². The number of hydrogen-bond acceptors (Lipinski definition) is 0. The largest absolute Gasteiger partial charge is 0.416 e. The predicted octanol–water partition coefficient (Wildman–Crippen LogP) is 5.78. The standard InChI is InChI=1S/C16H23F3/c1-3-5-6-7-8-9-13-10-11-15(16(17,18)19)14(4-2)12-13/h10-12H,3-9H2,1-2H3. The fraction of sp³-hybridized carbons (Fsp3) is 0.625. The molecule has 0 aliphatic carbocycles. The molecule has 1 aromatic carbocycles. The van der Waals surface area contributed by atoms with Crippen LogP contribution in [0.3, 0.4) is 0 Å². The van der Waals surface area contributed by atoms with Gasteiger partial charge in [0.1, 0.15) is 0 Å². The van der Waals surface area contributed by atoms with Gasteiger partial charge in [-0.3, -0.25) is 0 Å². The Kier molecular flexibility index (Phi) is 6.40. The second-order valence-electron chi connectivity index (χ2n) is 5.01. The van der Waals surface area contributed by atoms with Crippen molar-refractivity contribution in [2.75, 3.05) is 0 Å². The molecule has 0 radical (unpaired) electrons. The average molecular weight is 272 g/mol. The van der Waals surface area contributed by atoms with Gasteiger partial charge in [-0.25, -0.2) is 0 Å². The molecule has 0 spiro atoms. The van der Waals surface area contributed by atoms with Crippen molar-refractivity contribution < 1.29 is 13.2 Å². The molecular formula is C16H23F3. The van der Waals surface area contributed by atoms with Crippen LogP contribution in [0.15, 0.2) is 18.2 Å². The van der Waals surface area contributed by atoms with Crippen LogP contribution in [0, 0.1) is 0 Å². The summed E-state index contributed by atoms with van der Waals surface area (Å²) in [5, 5.41) is 0. The lowest BCUT2D eigenvalue weighted by Gasteiger charge is -2.13. The number of unbranched alkanes of at least 4 members (excludes halogenated alkanes) is 4. The highest BCUT2D eigenvalue weighted by molar-refractivity contribution is 5.34. The maximum absolute atomic E-state index is 12.8. The van der Waals surface area contributed by atoms with E-state index in [1.54, 1.807) is 19.1 Å². The molecule has 0 aliphatic rings. The number of hydrogen-bond donors (Lipinski definition) is 0. The minimum atomic E-state index is -4.23. The Balaban J connectivity index is 2.62. The van der Waals surface area contributed by atoms with Crippen LogP contribution in [0.2, 0.25) is 0 Å². The van der Waals surface area contributed by atoms with Crippen molar-refractivity contribution in [2.24, 2.45) is 0 Å². The zero-order valence-corrected chi connectivity index (χ0v) is 11.8. The van der Waals surface area contributed by atoms with Crippen molar-refractivity contribution in [3.05, 3.63) is 34.9 Å². The van der Waals surface area contributed by atoms with Crippen LogP contribution >= 0.6 is 0 Å². The Labute approximate surface area is 114 Å². The maximum Gasteiger partial charge on any atom is 0.416 e. The molecule has 0 nitrogen and oxygen atoms in total. The molecule has 108 valence electrons. The summed E-state index contributed by atoms with van der Waals surface area (Å²) < 4.78 is 38.3. The lowest BCUT2D eigenvalue weighted by molar-refractivity contribution is -0.138. The van der Waals surface area contributed by atoms with E-state index in [0.717, 1.165) is 24.8 Å². The van der Waals surface area contributed by atoms with E-state index in [4.69, 9.17) is 0 Å². The predicted molar refractivity (Wildman–Crippen MR) is 73.3 cm³/mol. The molecule has 0 amide bonds.